The van der Waals surface area contributed by atoms with E-state index in [4.69, 9.17) is 5.11 Å². The van der Waals surface area contributed by atoms with Gasteiger partial charge in [0.05, 0.1) is 17.7 Å². The molecule has 1 fully saturated rings. The number of carboxylic acids is 1. The molecule has 1 aliphatic rings. The Kier molecular flexibility index (Phi) is 2.89. The van der Waals surface area contributed by atoms with Crippen LogP contribution in [0.5, 0.6) is 0 Å². The minimum absolute atomic E-state index is 0.0384. The van der Waals surface area contributed by atoms with E-state index in [0.29, 0.717) is 18.4 Å². The zero-order chi connectivity index (χ0) is 11.5. The minimum Gasteiger partial charge on any atom is -0.481 e. The minimum atomic E-state index is -0.778. The van der Waals surface area contributed by atoms with Crippen LogP contribution in [0, 0.1) is 5.92 Å². The summed E-state index contributed by atoms with van der Waals surface area (Å²) in [6, 6.07) is -0.0384. The molecule has 1 heterocycles. The molecule has 1 saturated carbocycles. The van der Waals surface area contributed by atoms with Crippen molar-refractivity contribution in [3.63, 3.8) is 0 Å². The van der Waals surface area contributed by atoms with Gasteiger partial charge in [-0.1, -0.05) is 0 Å². The molecule has 0 spiro atoms. The molecule has 0 aliphatic heterocycles. The number of carbonyl (C=O) groups is 2. The van der Waals surface area contributed by atoms with Crippen LogP contribution in [0.2, 0.25) is 0 Å². The van der Waals surface area contributed by atoms with Gasteiger partial charge in [0, 0.05) is 12.2 Å². The number of nitrogens with one attached hydrogen (secondary N) is 2. The first-order chi connectivity index (χ1) is 7.66. The number of hydrogen-bond acceptors (Lipinski definition) is 3. The summed E-state index contributed by atoms with van der Waals surface area (Å²) in [6.45, 7) is 0. The number of aromatic nitrogens is 2. The average Bonchev–Trinajstić information content (AvgIpc) is 2.87. The predicted octanol–water partition coefficient (Wildman–Crippen LogP) is 0.393. The fourth-order valence-electron chi connectivity index (χ4n) is 1.98. The van der Waals surface area contributed by atoms with Crippen molar-refractivity contribution in [1.82, 2.24) is 15.5 Å². The van der Waals surface area contributed by atoms with Crippen LogP contribution in [0.15, 0.2) is 12.4 Å². The third kappa shape index (κ3) is 2.21. The van der Waals surface area contributed by atoms with Crippen LogP contribution in [-0.2, 0) is 4.79 Å². The van der Waals surface area contributed by atoms with Gasteiger partial charge in [0.1, 0.15) is 0 Å². The lowest BCUT2D eigenvalue weighted by atomic mass is 10.1. The monoisotopic (exact) mass is 223 g/mol. The average molecular weight is 223 g/mol. The van der Waals surface area contributed by atoms with Crippen molar-refractivity contribution in [3.05, 3.63) is 18.0 Å². The molecule has 0 aromatic carbocycles. The van der Waals surface area contributed by atoms with Crippen molar-refractivity contribution in [2.24, 2.45) is 5.92 Å². The van der Waals surface area contributed by atoms with Gasteiger partial charge >= 0.3 is 5.97 Å². The SMILES string of the molecule is O=C(N[C@H]1CC[C@@H](C(=O)O)C1)c1cn[nH]c1. The van der Waals surface area contributed by atoms with Crippen LogP contribution in [0.4, 0.5) is 0 Å². The Bertz CT molecular complexity index is 388. The third-order valence-corrected chi connectivity index (χ3v) is 2.88. The fraction of sp³-hybridized carbons (Fsp3) is 0.500. The highest BCUT2D eigenvalue weighted by Crippen LogP contribution is 2.25. The normalized spacial score (nSPS) is 24.2. The van der Waals surface area contributed by atoms with Crippen LogP contribution < -0.4 is 5.32 Å². The van der Waals surface area contributed by atoms with E-state index in [1.807, 2.05) is 0 Å². The number of aromatic amines is 1. The molecule has 2 rings (SSSR count). The van der Waals surface area contributed by atoms with Crippen LogP contribution in [0.1, 0.15) is 29.6 Å². The third-order valence-electron chi connectivity index (χ3n) is 2.88. The second-order valence-corrected chi connectivity index (χ2v) is 4.01. The van der Waals surface area contributed by atoms with Crippen molar-refractivity contribution in [2.75, 3.05) is 0 Å². The first kappa shape index (κ1) is 10.7. The van der Waals surface area contributed by atoms with Gasteiger partial charge in [-0.25, -0.2) is 0 Å². The topological polar surface area (TPSA) is 95.1 Å². The molecular weight excluding hydrogens is 210 g/mol. The van der Waals surface area contributed by atoms with Crippen LogP contribution >= 0.6 is 0 Å². The number of carbonyl (C=O) groups excluding carboxylic acids is 1. The first-order valence-corrected chi connectivity index (χ1v) is 5.19. The largest absolute Gasteiger partial charge is 0.481 e. The molecule has 86 valence electrons. The molecule has 0 radical (unpaired) electrons. The molecule has 2 atom stereocenters. The summed E-state index contributed by atoms with van der Waals surface area (Å²) in [5, 5.41) is 17.9. The lowest BCUT2D eigenvalue weighted by Crippen LogP contribution is -2.33. The lowest BCUT2D eigenvalue weighted by molar-refractivity contribution is -0.141. The van der Waals surface area contributed by atoms with Gasteiger partial charge in [0.2, 0.25) is 0 Å². The van der Waals surface area contributed by atoms with Gasteiger partial charge in [0.15, 0.2) is 0 Å². The van der Waals surface area contributed by atoms with Gasteiger partial charge < -0.3 is 10.4 Å². The summed E-state index contributed by atoms with van der Waals surface area (Å²) >= 11 is 0. The number of rotatable bonds is 3. The smallest absolute Gasteiger partial charge is 0.306 e. The van der Waals surface area contributed by atoms with Crippen molar-refractivity contribution < 1.29 is 14.7 Å². The molecule has 0 saturated heterocycles. The summed E-state index contributed by atoms with van der Waals surface area (Å²) in [5.41, 5.74) is 0.471. The highest BCUT2D eigenvalue weighted by atomic mass is 16.4. The van der Waals surface area contributed by atoms with E-state index >= 15 is 0 Å². The van der Waals surface area contributed by atoms with E-state index in [9.17, 15) is 9.59 Å². The van der Waals surface area contributed by atoms with Gasteiger partial charge in [0.25, 0.3) is 5.91 Å². The maximum absolute atomic E-state index is 11.6. The Morgan fingerprint density at radius 2 is 2.31 bits per heavy atom. The molecule has 0 bridgehead atoms. The molecule has 6 nitrogen and oxygen atoms in total. The van der Waals surface area contributed by atoms with Crippen molar-refractivity contribution in [1.29, 1.82) is 0 Å². The zero-order valence-electron chi connectivity index (χ0n) is 8.64. The second-order valence-electron chi connectivity index (χ2n) is 4.01. The number of aliphatic carboxylic acids is 1. The Balaban J connectivity index is 1.88. The number of amides is 1. The first-order valence-electron chi connectivity index (χ1n) is 5.19. The highest BCUT2D eigenvalue weighted by molar-refractivity contribution is 5.93. The van der Waals surface area contributed by atoms with Crippen LogP contribution in [0.25, 0.3) is 0 Å². The number of carboxylic acid groups (broad SMARTS) is 1. The number of H-pyrrole nitrogens is 1. The van der Waals surface area contributed by atoms with Crippen molar-refractivity contribution in [3.8, 4) is 0 Å². The molecular formula is C10H13N3O3. The standard InChI is InChI=1S/C10H13N3O3/c14-9(7-4-11-12-5-7)13-8-2-1-6(3-8)10(15)16/h4-6,8H,1-3H2,(H,11,12)(H,13,14)(H,15,16)/t6-,8+/m1/s1. The van der Waals surface area contributed by atoms with Gasteiger partial charge in [-0.05, 0) is 19.3 Å². The van der Waals surface area contributed by atoms with Crippen LogP contribution in [-0.4, -0.2) is 33.2 Å². The fourth-order valence-corrected chi connectivity index (χ4v) is 1.98. The molecule has 6 heteroatoms. The molecule has 1 amide bonds. The Labute approximate surface area is 92.0 Å². The Morgan fingerprint density at radius 1 is 1.50 bits per heavy atom. The molecule has 0 unspecified atom stereocenters. The van der Waals surface area contributed by atoms with E-state index in [2.05, 4.69) is 15.5 Å². The maximum Gasteiger partial charge on any atom is 0.306 e. The summed E-state index contributed by atoms with van der Waals surface area (Å²) in [5.74, 6) is -1.31. The molecule has 1 aromatic heterocycles. The van der Waals surface area contributed by atoms with Gasteiger partial charge in [-0.3, -0.25) is 14.7 Å². The second kappa shape index (κ2) is 4.34. The predicted molar refractivity (Wildman–Crippen MR) is 54.8 cm³/mol. The summed E-state index contributed by atoms with van der Waals surface area (Å²) in [7, 11) is 0. The van der Waals surface area contributed by atoms with E-state index in [-0.39, 0.29) is 17.9 Å². The van der Waals surface area contributed by atoms with Crippen LogP contribution in [0.3, 0.4) is 0 Å². The summed E-state index contributed by atoms with van der Waals surface area (Å²) < 4.78 is 0. The van der Waals surface area contributed by atoms with Gasteiger partial charge in [-0.2, -0.15) is 5.10 Å². The summed E-state index contributed by atoms with van der Waals surface area (Å²) in [4.78, 5) is 22.4. The zero-order valence-corrected chi connectivity index (χ0v) is 8.64. The van der Waals surface area contributed by atoms with E-state index in [0.717, 1.165) is 6.42 Å². The van der Waals surface area contributed by atoms with Crippen molar-refractivity contribution >= 4 is 11.9 Å². The van der Waals surface area contributed by atoms with E-state index < -0.39 is 5.97 Å². The highest BCUT2D eigenvalue weighted by Gasteiger charge is 2.30. The number of hydrogen-bond donors (Lipinski definition) is 3. The molecule has 1 aliphatic carbocycles. The molecule has 16 heavy (non-hydrogen) atoms. The van der Waals surface area contributed by atoms with E-state index in [1.165, 1.54) is 12.4 Å². The Hall–Kier alpha value is -1.85. The van der Waals surface area contributed by atoms with Gasteiger partial charge in [-0.15, -0.1) is 0 Å². The quantitative estimate of drug-likeness (QED) is 0.690. The molecule has 3 N–H and O–H groups in total. The maximum atomic E-state index is 11.6. The number of nitrogens with zero attached hydrogens (tertiary/aromatic N) is 1. The Morgan fingerprint density at radius 3 is 2.88 bits per heavy atom. The molecule has 1 aromatic rings. The lowest BCUT2D eigenvalue weighted by Gasteiger charge is -2.11. The van der Waals surface area contributed by atoms with E-state index in [1.54, 1.807) is 0 Å². The van der Waals surface area contributed by atoms with Crippen molar-refractivity contribution in [2.45, 2.75) is 25.3 Å². The summed E-state index contributed by atoms with van der Waals surface area (Å²) in [6.07, 6.45) is 4.82.